The zero-order valence-corrected chi connectivity index (χ0v) is 18.2. The predicted octanol–water partition coefficient (Wildman–Crippen LogP) is 5.36. The van der Waals surface area contributed by atoms with E-state index >= 15 is 0 Å². The average Bonchev–Trinajstić information content (AvgIpc) is 3.20. The molecule has 1 aliphatic heterocycles. The van der Waals surface area contributed by atoms with Crippen molar-refractivity contribution in [3.8, 4) is 0 Å². The van der Waals surface area contributed by atoms with Gasteiger partial charge in [0.1, 0.15) is 17.2 Å². The van der Waals surface area contributed by atoms with Crippen LogP contribution >= 0.6 is 11.6 Å². The fraction of sp³-hybridized carbons (Fsp3) is 0.125. The van der Waals surface area contributed by atoms with Gasteiger partial charge in [-0.25, -0.2) is 24.1 Å². The molecule has 3 heterocycles. The van der Waals surface area contributed by atoms with E-state index in [0.717, 1.165) is 16.7 Å². The van der Waals surface area contributed by atoms with E-state index in [4.69, 9.17) is 16.6 Å². The maximum absolute atomic E-state index is 13.6. The summed E-state index contributed by atoms with van der Waals surface area (Å²) in [6, 6.07) is 8.97. The minimum absolute atomic E-state index is 0.0305. The molecule has 0 spiro atoms. The second-order valence-electron chi connectivity index (χ2n) is 7.74. The quantitative estimate of drug-likeness (QED) is 0.388. The molecule has 4 aromatic rings. The standard InChI is InChI=1S/C24H17ClFN5O2/c1-12-6-13(10-27-12)7-21-28-11-17-16-4-2-14(24(32)33)8-20(16)30-23(22(17)31-21)29-15-3-5-19(26)18(25)9-15/h2-6,8-9,11H,7,10H2,1H3,(H,29,30)(H,32,33). The zero-order chi connectivity index (χ0) is 23.1. The number of hydrogen-bond acceptors (Lipinski definition) is 6. The van der Waals surface area contributed by atoms with Gasteiger partial charge in [-0.2, -0.15) is 0 Å². The summed E-state index contributed by atoms with van der Waals surface area (Å²) in [7, 11) is 0. The lowest BCUT2D eigenvalue weighted by Gasteiger charge is -2.13. The fourth-order valence-electron chi connectivity index (χ4n) is 3.76. The third kappa shape index (κ3) is 4.12. The Bertz CT molecular complexity index is 1520. The van der Waals surface area contributed by atoms with Gasteiger partial charge >= 0.3 is 5.97 Å². The Morgan fingerprint density at radius 1 is 1.18 bits per heavy atom. The van der Waals surface area contributed by atoms with Crippen molar-refractivity contribution in [2.45, 2.75) is 13.3 Å². The molecular weight excluding hydrogens is 445 g/mol. The van der Waals surface area contributed by atoms with Gasteiger partial charge in [-0.15, -0.1) is 0 Å². The number of anilines is 2. The van der Waals surface area contributed by atoms with Crippen molar-refractivity contribution in [3.05, 3.63) is 76.5 Å². The number of carboxylic acids is 1. The molecule has 33 heavy (non-hydrogen) atoms. The van der Waals surface area contributed by atoms with Crippen LogP contribution in [0.1, 0.15) is 23.1 Å². The van der Waals surface area contributed by atoms with E-state index in [9.17, 15) is 14.3 Å². The van der Waals surface area contributed by atoms with Crippen molar-refractivity contribution in [1.82, 2.24) is 15.0 Å². The van der Waals surface area contributed by atoms with Gasteiger partial charge in [-0.3, -0.25) is 4.99 Å². The number of allylic oxidation sites excluding steroid dienone is 1. The Hall–Kier alpha value is -3.91. The number of halogens is 2. The van der Waals surface area contributed by atoms with Crippen molar-refractivity contribution in [2.24, 2.45) is 4.99 Å². The topological polar surface area (TPSA) is 100 Å². The summed E-state index contributed by atoms with van der Waals surface area (Å²) in [6.07, 6.45) is 4.29. The van der Waals surface area contributed by atoms with E-state index in [-0.39, 0.29) is 10.6 Å². The molecule has 0 unspecified atom stereocenters. The molecule has 0 saturated heterocycles. The van der Waals surface area contributed by atoms with E-state index in [2.05, 4.69) is 20.3 Å². The number of rotatable bonds is 5. The molecule has 0 fully saturated rings. The number of carboxylic acid groups (broad SMARTS) is 1. The molecule has 9 heteroatoms. The monoisotopic (exact) mass is 461 g/mol. The van der Waals surface area contributed by atoms with Crippen LogP contribution in [0.15, 0.2) is 59.2 Å². The van der Waals surface area contributed by atoms with Crippen molar-refractivity contribution >= 4 is 56.6 Å². The van der Waals surface area contributed by atoms with E-state index in [1.807, 2.05) is 13.0 Å². The van der Waals surface area contributed by atoms with E-state index < -0.39 is 11.8 Å². The lowest BCUT2D eigenvalue weighted by molar-refractivity contribution is 0.0697. The molecule has 0 radical (unpaired) electrons. The molecule has 7 nitrogen and oxygen atoms in total. The maximum Gasteiger partial charge on any atom is 0.335 e. The number of carbonyl (C=O) groups is 1. The van der Waals surface area contributed by atoms with Gasteiger partial charge in [0, 0.05) is 34.8 Å². The molecule has 2 N–H and O–H groups in total. The molecule has 0 aliphatic carbocycles. The number of aromatic carboxylic acids is 1. The number of benzene rings is 2. The number of aliphatic imine (C=N–C) groups is 1. The summed E-state index contributed by atoms with van der Waals surface area (Å²) in [6.45, 7) is 2.58. The van der Waals surface area contributed by atoms with Crippen LogP contribution in [-0.4, -0.2) is 38.3 Å². The summed E-state index contributed by atoms with van der Waals surface area (Å²) in [5, 5.41) is 13.9. The Morgan fingerprint density at radius 2 is 2.03 bits per heavy atom. The van der Waals surface area contributed by atoms with Crippen LogP contribution in [0.2, 0.25) is 5.02 Å². The lowest BCUT2D eigenvalue weighted by atomic mass is 10.1. The Balaban J connectivity index is 1.66. The molecule has 1 aliphatic rings. The van der Waals surface area contributed by atoms with Gasteiger partial charge in [0.15, 0.2) is 5.82 Å². The number of nitrogens with one attached hydrogen (secondary N) is 1. The second-order valence-corrected chi connectivity index (χ2v) is 8.14. The average molecular weight is 462 g/mol. The highest BCUT2D eigenvalue weighted by Gasteiger charge is 2.16. The Morgan fingerprint density at radius 3 is 2.76 bits per heavy atom. The Kier molecular flexibility index (Phi) is 5.22. The smallest absolute Gasteiger partial charge is 0.335 e. The maximum atomic E-state index is 13.6. The zero-order valence-electron chi connectivity index (χ0n) is 17.4. The van der Waals surface area contributed by atoms with Gasteiger partial charge in [-0.1, -0.05) is 17.7 Å². The van der Waals surface area contributed by atoms with Crippen LogP contribution in [0, 0.1) is 5.82 Å². The highest BCUT2D eigenvalue weighted by atomic mass is 35.5. The third-order valence-electron chi connectivity index (χ3n) is 5.34. The largest absolute Gasteiger partial charge is 0.478 e. The summed E-state index contributed by atoms with van der Waals surface area (Å²) < 4.78 is 13.6. The summed E-state index contributed by atoms with van der Waals surface area (Å²) in [5.41, 5.74) is 3.76. The molecule has 0 atom stereocenters. The molecule has 5 rings (SSSR count). The van der Waals surface area contributed by atoms with Crippen LogP contribution in [0.5, 0.6) is 0 Å². The van der Waals surface area contributed by atoms with Crippen LogP contribution < -0.4 is 5.32 Å². The highest BCUT2D eigenvalue weighted by molar-refractivity contribution is 6.31. The van der Waals surface area contributed by atoms with Crippen molar-refractivity contribution in [1.29, 1.82) is 0 Å². The van der Waals surface area contributed by atoms with Crippen LogP contribution in [0.25, 0.3) is 21.8 Å². The van der Waals surface area contributed by atoms with Gasteiger partial charge < -0.3 is 10.4 Å². The van der Waals surface area contributed by atoms with Crippen molar-refractivity contribution in [3.63, 3.8) is 0 Å². The van der Waals surface area contributed by atoms with Gasteiger partial charge in [0.05, 0.1) is 22.6 Å². The van der Waals surface area contributed by atoms with Crippen LogP contribution in [0.4, 0.5) is 15.9 Å². The number of pyridine rings is 1. The van der Waals surface area contributed by atoms with Crippen molar-refractivity contribution in [2.75, 3.05) is 11.9 Å². The number of nitrogens with zero attached hydrogens (tertiary/aromatic N) is 4. The molecular formula is C24H17ClFN5O2. The third-order valence-corrected chi connectivity index (χ3v) is 5.63. The normalized spacial score (nSPS) is 13.3. The van der Waals surface area contributed by atoms with Gasteiger partial charge in [-0.05, 0) is 48.9 Å². The fourth-order valence-corrected chi connectivity index (χ4v) is 3.94. The highest BCUT2D eigenvalue weighted by Crippen LogP contribution is 2.31. The first kappa shape index (κ1) is 21.0. The van der Waals surface area contributed by atoms with Crippen LogP contribution in [0.3, 0.4) is 0 Å². The number of hydrogen-bond donors (Lipinski definition) is 2. The first-order chi connectivity index (χ1) is 15.9. The lowest BCUT2D eigenvalue weighted by Crippen LogP contribution is -2.04. The van der Waals surface area contributed by atoms with Crippen molar-refractivity contribution < 1.29 is 14.3 Å². The summed E-state index contributed by atoms with van der Waals surface area (Å²) >= 11 is 5.94. The number of fused-ring (bicyclic) bond motifs is 3. The van der Waals surface area contributed by atoms with Gasteiger partial charge in [0.2, 0.25) is 0 Å². The minimum atomic E-state index is -1.05. The van der Waals surface area contributed by atoms with E-state index in [1.54, 1.807) is 12.3 Å². The molecule has 164 valence electrons. The SMILES string of the molecule is CC1=NCC(Cc2ncc3c(n2)c(Nc2ccc(F)c(Cl)c2)nc2cc(C(=O)O)ccc23)=C1. The number of aromatic nitrogens is 3. The van der Waals surface area contributed by atoms with E-state index in [0.29, 0.717) is 46.7 Å². The minimum Gasteiger partial charge on any atom is -0.478 e. The second kappa shape index (κ2) is 8.22. The molecule has 2 aromatic heterocycles. The van der Waals surface area contributed by atoms with Crippen LogP contribution in [-0.2, 0) is 6.42 Å². The predicted molar refractivity (Wildman–Crippen MR) is 126 cm³/mol. The molecule has 0 saturated carbocycles. The summed E-state index contributed by atoms with van der Waals surface area (Å²) in [4.78, 5) is 29.8. The molecule has 2 aromatic carbocycles. The Labute approximate surface area is 192 Å². The van der Waals surface area contributed by atoms with Gasteiger partial charge in [0.25, 0.3) is 0 Å². The van der Waals surface area contributed by atoms with E-state index in [1.165, 1.54) is 30.3 Å². The first-order valence-corrected chi connectivity index (χ1v) is 10.5. The molecule has 0 amide bonds. The summed E-state index contributed by atoms with van der Waals surface area (Å²) in [5.74, 6) is -0.578. The molecule has 0 bridgehead atoms. The first-order valence-electron chi connectivity index (χ1n) is 10.1.